The number of benzene rings is 1. The molecule has 0 heterocycles. The SMILES string of the molecule is CC1(C)CCCC1Nc1cc(N)cc(F)c1. The van der Waals surface area contributed by atoms with Gasteiger partial charge in [0.25, 0.3) is 0 Å². The molecule has 0 bridgehead atoms. The van der Waals surface area contributed by atoms with E-state index in [0.717, 1.165) is 12.1 Å². The molecule has 1 atom stereocenters. The van der Waals surface area contributed by atoms with Crippen molar-refractivity contribution in [2.75, 3.05) is 11.1 Å². The van der Waals surface area contributed by atoms with Gasteiger partial charge in [0.1, 0.15) is 5.82 Å². The van der Waals surface area contributed by atoms with Crippen LogP contribution in [0.5, 0.6) is 0 Å². The molecule has 0 spiro atoms. The summed E-state index contributed by atoms with van der Waals surface area (Å²) in [4.78, 5) is 0. The Morgan fingerprint density at radius 3 is 2.69 bits per heavy atom. The fourth-order valence-corrected chi connectivity index (χ4v) is 2.49. The quantitative estimate of drug-likeness (QED) is 0.753. The summed E-state index contributed by atoms with van der Waals surface area (Å²) in [6, 6.07) is 5.04. The van der Waals surface area contributed by atoms with Crippen molar-refractivity contribution in [2.45, 2.75) is 39.2 Å². The van der Waals surface area contributed by atoms with Gasteiger partial charge in [0, 0.05) is 17.4 Å². The summed E-state index contributed by atoms with van der Waals surface area (Å²) in [6.45, 7) is 4.50. The van der Waals surface area contributed by atoms with Gasteiger partial charge >= 0.3 is 0 Å². The number of nitrogen functional groups attached to an aromatic ring is 1. The topological polar surface area (TPSA) is 38.0 Å². The van der Waals surface area contributed by atoms with Gasteiger partial charge in [0.15, 0.2) is 0 Å². The minimum Gasteiger partial charge on any atom is -0.399 e. The van der Waals surface area contributed by atoms with Crippen LogP contribution in [-0.4, -0.2) is 6.04 Å². The van der Waals surface area contributed by atoms with E-state index in [1.165, 1.54) is 25.0 Å². The lowest BCUT2D eigenvalue weighted by Crippen LogP contribution is -2.30. The van der Waals surface area contributed by atoms with Crippen molar-refractivity contribution in [3.8, 4) is 0 Å². The molecule has 2 nitrogen and oxygen atoms in total. The van der Waals surface area contributed by atoms with Gasteiger partial charge in [-0.15, -0.1) is 0 Å². The van der Waals surface area contributed by atoms with E-state index >= 15 is 0 Å². The second-order valence-corrected chi connectivity index (χ2v) is 5.35. The third kappa shape index (κ3) is 2.29. The highest BCUT2D eigenvalue weighted by Gasteiger charge is 2.34. The lowest BCUT2D eigenvalue weighted by molar-refractivity contribution is 0.350. The van der Waals surface area contributed by atoms with E-state index in [1.807, 2.05) is 0 Å². The Balaban J connectivity index is 2.14. The summed E-state index contributed by atoms with van der Waals surface area (Å²) in [5, 5.41) is 3.39. The van der Waals surface area contributed by atoms with Gasteiger partial charge in [-0.3, -0.25) is 0 Å². The van der Waals surface area contributed by atoms with E-state index in [-0.39, 0.29) is 11.2 Å². The Kier molecular flexibility index (Phi) is 2.78. The fraction of sp³-hybridized carbons (Fsp3) is 0.538. The normalized spacial score (nSPS) is 23.3. The van der Waals surface area contributed by atoms with Crippen LogP contribution in [0.2, 0.25) is 0 Å². The molecule has 0 aliphatic heterocycles. The van der Waals surface area contributed by atoms with Crippen LogP contribution in [0.25, 0.3) is 0 Å². The van der Waals surface area contributed by atoms with Crippen molar-refractivity contribution in [1.29, 1.82) is 0 Å². The summed E-state index contributed by atoms with van der Waals surface area (Å²) in [5.74, 6) is -0.279. The molecule has 1 fully saturated rings. The summed E-state index contributed by atoms with van der Waals surface area (Å²) in [6.07, 6.45) is 3.59. The van der Waals surface area contributed by atoms with Gasteiger partial charge in [-0.05, 0) is 36.5 Å². The van der Waals surface area contributed by atoms with Gasteiger partial charge in [0.05, 0.1) is 0 Å². The summed E-state index contributed by atoms with van der Waals surface area (Å²) in [5.41, 5.74) is 7.16. The van der Waals surface area contributed by atoms with E-state index in [1.54, 1.807) is 6.07 Å². The molecule has 3 N–H and O–H groups in total. The third-order valence-electron chi connectivity index (χ3n) is 3.52. The van der Waals surface area contributed by atoms with Crippen LogP contribution >= 0.6 is 0 Å². The summed E-state index contributed by atoms with van der Waals surface area (Å²) >= 11 is 0. The number of hydrogen-bond acceptors (Lipinski definition) is 2. The fourth-order valence-electron chi connectivity index (χ4n) is 2.49. The highest BCUT2D eigenvalue weighted by Crippen LogP contribution is 2.39. The molecule has 0 amide bonds. The van der Waals surface area contributed by atoms with E-state index in [2.05, 4.69) is 19.2 Å². The number of halogens is 1. The van der Waals surface area contributed by atoms with Crippen LogP contribution in [0.3, 0.4) is 0 Å². The molecular weight excluding hydrogens is 203 g/mol. The molecule has 3 heteroatoms. The highest BCUT2D eigenvalue weighted by atomic mass is 19.1. The second-order valence-electron chi connectivity index (χ2n) is 5.35. The van der Waals surface area contributed by atoms with Gasteiger partial charge in [-0.2, -0.15) is 0 Å². The molecule has 1 aliphatic carbocycles. The average Bonchev–Trinajstić information content (AvgIpc) is 2.44. The maximum Gasteiger partial charge on any atom is 0.127 e. The van der Waals surface area contributed by atoms with Crippen molar-refractivity contribution in [1.82, 2.24) is 0 Å². The maximum absolute atomic E-state index is 13.2. The Morgan fingerprint density at radius 1 is 1.38 bits per heavy atom. The predicted octanol–water partition coefficient (Wildman–Crippen LogP) is 3.40. The van der Waals surface area contributed by atoms with E-state index < -0.39 is 0 Å². The van der Waals surface area contributed by atoms with Crippen LogP contribution in [0.15, 0.2) is 18.2 Å². The van der Waals surface area contributed by atoms with Crippen molar-refractivity contribution in [3.05, 3.63) is 24.0 Å². The predicted molar refractivity (Wildman–Crippen MR) is 65.9 cm³/mol. The van der Waals surface area contributed by atoms with Crippen molar-refractivity contribution in [3.63, 3.8) is 0 Å². The van der Waals surface area contributed by atoms with Gasteiger partial charge < -0.3 is 11.1 Å². The molecule has 1 aromatic carbocycles. The van der Waals surface area contributed by atoms with Crippen LogP contribution in [0, 0.1) is 11.2 Å². The number of nitrogens with one attached hydrogen (secondary N) is 1. The van der Waals surface area contributed by atoms with Gasteiger partial charge in [-0.25, -0.2) is 4.39 Å². The lowest BCUT2D eigenvalue weighted by Gasteiger charge is -2.28. The molecule has 2 rings (SSSR count). The smallest absolute Gasteiger partial charge is 0.127 e. The number of rotatable bonds is 2. The second kappa shape index (κ2) is 3.96. The molecule has 0 saturated heterocycles. The average molecular weight is 222 g/mol. The van der Waals surface area contributed by atoms with Gasteiger partial charge in [0.2, 0.25) is 0 Å². The molecule has 0 aromatic heterocycles. The Morgan fingerprint density at radius 2 is 2.12 bits per heavy atom. The minimum absolute atomic E-state index is 0.279. The number of nitrogens with two attached hydrogens (primary N) is 1. The zero-order chi connectivity index (χ0) is 11.8. The summed E-state index contributed by atoms with van der Waals surface area (Å²) in [7, 11) is 0. The maximum atomic E-state index is 13.2. The number of anilines is 2. The van der Waals surface area contributed by atoms with Crippen LogP contribution in [0.4, 0.5) is 15.8 Å². The van der Waals surface area contributed by atoms with Crippen molar-refractivity contribution in [2.24, 2.45) is 5.41 Å². The zero-order valence-electron chi connectivity index (χ0n) is 9.89. The standard InChI is InChI=1S/C13H19FN2/c1-13(2)5-3-4-12(13)16-11-7-9(14)6-10(15)8-11/h6-8,12,16H,3-5,15H2,1-2H3. The molecular formula is C13H19FN2. The Hall–Kier alpha value is -1.25. The molecule has 1 saturated carbocycles. The summed E-state index contributed by atoms with van der Waals surface area (Å²) < 4.78 is 13.2. The monoisotopic (exact) mass is 222 g/mol. The van der Waals surface area contributed by atoms with Crippen LogP contribution in [-0.2, 0) is 0 Å². The molecule has 88 valence electrons. The Labute approximate surface area is 96.0 Å². The van der Waals surface area contributed by atoms with E-state index in [9.17, 15) is 4.39 Å². The first-order chi connectivity index (χ1) is 7.47. The van der Waals surface area contributed by atoms with E-state index in [0.29, 0.717) is 11.7 Å². The first kappa shape index (κ1) is 11.2. The van der Waals surface area contributed by atoms with Crippen LogP contribution in [0.1, 0.15) is 33.1 Å². The molecule has 1 aromatic rings. The largest absolute Gasteiger partial charge is 0.399 e. The first-order valence-corrected chi connectivity index (χ1v) is 5.80. The zero-order valence-corrected chi connectivity index (χ0v) is 9.89. The minimum atomic E-state index is -0.279. The lowest BCUT2D eigenvalue weighted by atomic mass is 9.87. The van der Waals surface area contributed by atoms with Crippen molar-refractivity contribution >= 4 is 11.4 Å². The van der Waals surface area contributed by atoms with E-state index in [4.69, 9.17) is 5.73 Å². The highest BCUT2D eigenvalue weighted by molar-refractivity contribution is 5.55. The molecule has 1 unspecified atom stereocenters. The molecule has 0 radical (unpaired) electrons. The Bertz CT molecular complexity index is 367. The number of hydrogen-bond donors (Lipinski definition) is 2. The first-order valence-electron chi connectivity index (χ1n) is 5.80. The molecule has 1 aliphatic rings. The molecule has 16 heavy (non-hydrogen) atoms. The van der Waals surface area contributed by atoms with Gasteiger partial charge in [-0.1, -0.05) is 20.3 Å². The van der Waals surface area contributed by atoms with Crippen LogP contribution < -0.4 is 11.1 Å². The van der Waals surface area contributed by atoms with Crippen molar-refractivity contribution < 1.29 is 4.39 Å². The third-order valence-corrected chi connectivity index (χ3v) is 3.52.